The Balaban J connectivity index is 2.70. The van der Waals surface area contributed by atoms with Crippen LogP contribution in [0.3, 0.4) is 0 Å². The van der Waals surface area contributed by atoms with Gasteiger partial charge in [-0.25, -0.2) is 0 Å². The number of benzene rings is 1. The first-order valence-electron chi connectivity index (χ1n) is 6.62. The summed E-state index contributed by atoms with van der Waals surface area (Å²) >= 11 is 0. The number of hydrogen-bond donors (Lipinski definition) is 2. The Morgan fingerprint density at radius 1 is 1.21 bits per heavy atom. The first-order chi connectivity index (χ1) is 8.99. The van der Waals surface area contributed by atoms with Gasteiger partial charge in [0.2, 0.25) is 0 Å². The van der Waals surface area contributed by atoms with Crippen molar-refractivity contribution < 1.29 is 13.2 Å². The lowest BCUT2D eigenvalue weighted by Crippen LogP contribution is -2.28. The van der Waals surface area contributed by atoms with Crippen molar-refractivity contribution in [3.8, 4) is 0 Å². The van der Waals surface area contributed by atoms with E-state index in [1.165, 1.54) is 12.1 Å². The van der Waals surface area contributed by atoms with Crippen LogP contribution in [0.2, 0.25) is 0 Å². The maximum Gasteiger partial charge on any atom is 0.416 e. The SMILES string of the molecule is CCCCCCC(NN)c1cccc(C(F)(F)F)c1. The normalized spacial score (nSPS) is 13.5. The summed E-state index contributed by atoms with van der Waals surface area (Å²) in [6, 6.07) is 5.13. The van der Waals surface area contributed by atoms with Gasteiger partial charge in [0.25, 0.3) is 0 Å². The fraction of sp³-hybridized carbons (Fsp3) is 0.571. The number of alkyl halides is 3. The van der Waals surface area contributed by atoms with Crippen LogP contribution in [0.25, 0.3) is 0 Å². The lowest BCUT2D eigenvalue weighted by molar-refractivity contribution is -0.137. The maximum atomic E-state index is 12.6. The molecule has 1 unspecified atom stereocenters. The van der Waals surface area contributed by atoms with E-state index in [0.717, 1.165) is 38.2 Å². The minimum atomic E-state index is -4.31. The van der Waals surface area contributed by atoms with Crippen LogP contribution in [-0.4, -0.2) is 0 Å². The van der Waals surface area contributed by atoms with Crippen LogP contribution in [-0.2, 0) is 6.18 Å². The zero-order chi connectivity index (χ0) is 14.3. The van der Waals surface area contributed by atoms with E-state index in [-0.39, 0.29) is 6.04 Å². The second-order valence-electron chi connectivity index (χ2n) is 4.69. The summed E-state index contributed by atoms with van der Waals surface area (Å²) in [6.45, 7) is 2.12. The molecule has 0 bridgehead atoms. The van der Waals surface area contributed by atoms with E-state index in [0.29, 0.717) is 5.56 Å². The molecular weight excluding hydrogens is 253 g/mol. The van der Waals surface area contributed by atoms with Crippen molar-refractivity contribution in [2.24, 2.45) is 5.84 Å². The van der Waals surface area contributed by atoms with Gasteiger partial charge in [-0.15, -0.1) is 0 Å². The molecule has 0 amide bonds. The molecule has 0 aliphatic carbocycles. The van der Waals surface area contributed by atoms with E-state index in [2.05, 4.69) is 12.3 Å². The first kappa shape index (κ1) is 16.0. The summed E-state index contributed by atoms with van der Waals surface area (Å²) in [6.07, 6.45) is 0.742. The fourth-order valence-electron chi connectivity index (χ4n) is 2.05. The van der Waals surface area contributed by atoms with E-state index in [9.17, 15) is 13.2 Å². The molecular formula is C14H21F3N2. The Hall–Kier alpha value is -1.07. The van der Waals surface area contributed by atoms with Gasteiger partial charge in [-0.1, -0.05) is 44.7 Å². The van der Waals surface area contributed by atoms with Crippen molar-refractivity contribution in [2.45, 2.75) is 51.2 Å². The number of hydrazine groups is 1. The number of hydrogen-bond acceptors (Lipinski definition) is 2. The van der Waals surface area contributed by atoms with Crippen molar-refractivity contribution in [3.63, 3.8) is 0 Å². The van der Waals surface area contributed by atoms with Gasteiger partial charge in [0.15, 0.2) is 0 Å². The Morgan fingerprint density at radius 2 is 1.95 bits per heavy atom. The molecule has 19 heavy (non-hydrogen) atoms. The Kier molecular flexibility index (Phi) is 6.31. The van der Waals surface area contributed by atoms with Crippen molar-refractivity contribution >= 4 is 0 Å². The van der Waals surface area contributed by atoms with Gasteiger partial charge in [-0.05, 0) is 24.1 Å². The highest BCUT2D eigenvalue weighted by Crippen LogP contribution is 2.31. The third kappa shape index (κ3) is 5.20. The molecule has 5 heteroatoms. The molecule has 0 saturated carbocycles. The maximum absolute atomic E-state index is 12.6. The third-order valence-electron chi connectivity index (χ3n) is 3.16. The second-order valence-corrected chi connectivity index (χ2v) is 4.69. The molecule has 108 valence electrons. The number of rotatable bonds is 7. The summed E-state index contributed by atoms with van der Waals surface area (Å²) in [5.74, 6) is 5.45. The van der Waals surface area contributed by atoms with Gasteiger partial charge < -0.3 is 0 Å². The van der Waals surface area contributed by atoms with Crippen LogP contribution >= 0.6 is 0 Å². The average Bonchev–Trinajstić information content (AvgIpc) is 2.38. The molecule has 0 radical (unpaired) electrons. The molecule has 0 fully saturated rings. The van der Waals surface area contributed by atoms with E-state index < -0.39 is 11.7 Å². The Bertz CT molecular complexity index is 377. The molecule has 0 heterocycles. The molecule has 0 aliphatic rings. The highest BCUT2D eigenvalue weighted by Gasteiger charge is 2.30. The van der Waals surface area contributed by atoms with E-state index >= 15 is 0 Å². The number of nitrogens with two attached hydrogens (primary N) is 1. The summed E-state index contributed by atoms with van der Waals surface area (Å²) in [5.41, 5.74) is 2.57. The molecule has 1 aromatic rings. The summed E-state index contributed by atoms with van der Waals surface area (Å²) < 4.78 is 37.9. The third-order valence-corrected chi connectivity index (χ3v) is 3.16. The lowest BCUT2D eigenvalue weighted by atomic mass is 9.99. The number of halogens is 3. The molecule has 0 aromatic heterocycles. The van der Waals surface area contributed by atoms with Gasteiger partial charge >= 0.3 is 6.18 Å². The van der Waals surface area contributed by atoms with Crippen LogP contribution < -0.4 is 11.3 Å². The predicted octanol–water partition coefficient (Wildman–Crippen LogP) is 4.18. The Morgan fingerprint density at radius 3 is 2.53 bits per heavy atom. The average molecular weight is 274 g/mol. The van der Waals surface area contributed by atoms with Crippen molar-refractivity contribution in [3.05, 3.63) is 35.4 Å². The van der Waals surface area contributed by atoms with Crippen LogP contribution in [0.5, 0.6) is 0 Å². The highest BCUT2D eigenvalue weighted by molar-refractivity contribution is 5.27. The predicted molar refractivity (Wildman–Crippen MR) is 70.3 cm³/mol. The van der Waals surface area contributed by atoms with Crippen molar-refractivity contribution in [1.82, 2.24) is 5.43 Å². The first-order valence-corrected chi connectivity index (χ1v) is 6.62. The van der Waals surface area contributed by atoms with Crippen LogP contribution in [0.1, 0.15) is 56.2 Å². The largest absolute Gasteiger partial charge is 0.416 e. The molecule has 0 spiro atoms. The molecule has 0 aliphatic heterocycles. The zero-order valence-electron chi connectivity index (χ0n) is 11.1. The van der Waals surface area contributed by atoms with Gasteiger partial charge in [0.1, 0.15) is 0 Å². The van der Waals surface area contributed by atoms with Crippen LogP contribution in [0.4, 0.5) is 13.2 Å². The van der Waals surface area contributed by atoms with E-state index in [4.69, 9.17) is 5.84 Å². The van der Waals surface area contributed by atoms with Gasteiger partial charge in [-0.3, -0.25) is 11.3 Å². The van der Waals surface area contributed by atoms with E-state index in [1.807, 2.05) is 0 Å². The van der Waals surface area contributed by atoms with Crippen LogP contribution in [0.15, 0.2) is 24.3 Å². The molecule has 1 rings (SSSR count). The quantitative estimate of drug-likeness (QED) is 0.444. The number of nitrogens with one attached hydrogen (secondary N) is 1. The summed E-state index contributed by atoms with van der Waals surface area (Å²) in [4.78, 5) is 0. The summed E-state index contributed by atoms with van der Waals surface area (Å²) in [5, 5.41) is 0. The fourth-order valence-corrected chi connectivity index (χ4v) is 2.05. The minimum Gasteiger partial charge on any atom is -0.271 e. The van der Waals surface area contributed by atoms with Gasteiger partial charge in [0.05, 0.1) is 5.56 Å². The lowest BCUT2D eigenvalue weighted by Gasteiger charge is -2.17. The molecule has 2 nitrogen and oxygen atoms in total. The topological polar surface area (TPSA) is 38.0 Å². The van der Waals surface area contributed by atoms with Gasteiger partial charge in [0, 0.05) is 6.04 Å². The smallest absolute Gasteiger partial charge is 0.271 e. The number of unbranched alkanes of at least 4 members (excludes halogenated alkanes) is 3. The molecule has 3 N–H and O–H groups in total. The van der Waals surface area contributed by atoms with Gasteiger partial charge in [-0.2, -0.15) is 13.2 Å². The monoisotopic (exact) mass is 274 g/mol. The molecule has 1 atom stereocenters. The Labute approximate surface area is 112 Å². The zero-order valence-corrected chi connectivity index (χ0v) is 11.1. The summed E-state index contributed by atoms with van der Waals surface area (Å²) in [7, 11) is 0. The second kappa shape index (κ2) is 7.50. The van der Waals surface area contributed by atoms with Crippen molar-refractivity contribution in [1.29, 1.82) is 0 Å². The van der Waals surface area contributed by atoms with Crippen molar-refractivity contribution in [2.75, 3.05) is 0 Å². The van der Waals surface area contributed by atoms with E-state index in [1.54, 1.807) is 6.07 Å². The minimum absolute atomic E-state index is 0.223. The highest BCUT2D eigenvalue weighted by atomic mass is 19.4. The molecule has 1 aromatic carbocycles. The van der Waals surface area contributed by atoms with Crippen LogP contribution in [0, 0.1) is 0 Å². The standard InChI is InChI=1S/C14H21F3N2/c1-2-3-4-5-9-13(19-18)11-7-6-8-12(10-11)14(15,16)17/h6-8,10,13,19H,2-5,9,18H2,1H3. The molecule has 0 saturated heterocycles.